The molecule has 0 N–H and O–H groups in total. The molecule has 36 heavy (non-hydrogen) atoms. The monoisotopic (exact) mass is 490 g/mol. The largest absolute Gasteiger partial charge is 0.497 e. The minimum Gasteiger partial charge on any atom is -0.497 e. The summed E-state index contributed by atoms with van der Waals surface area (Å²) in [4.78, 5) is 30.1. The van der Waals surface area contributed by atoms with Crippen LogP contribution in [0, 0.1) is 0 Å². The molecule has 4 rings (SSSR count). The Bertz CT molecular complexity index is 1390. The molecule has 8 heteroatoms. The molecule has 0 radical (unpaired) electrons. The van der Waals surface area contributed by atoms with Crippen LogP contribution in [0.4, 0.5) is 0 Å². The van der Waals surface area contributed by atoms with Crippen LogP contribution in [0.3, 0.4) is 0 Å². The molecule has 0 aliphatic heterocycles. The van der Waals surface area contributed by atoms with Crippen LogP contribution in [0.1, 0.15) is 23.4 Å². The van der Waals surface area contributed by atoms with Gasteiger partial charge in [-0.2, -0.15) is 0 Å². The summed E-state index contributed by atoms with van der Waals surface area (Å²) in [6.45, 7) is 4.68. The van der Waals surface area contributed by atoms with Crippen molar-refractivity contribution < 1.29 is 19.1 Å². The first-order chi connectivity index (χ1) is 17.2. The Hall–Kier alpha value is -3.62. The molecule has 0 spiro atoms. The number of carbonyl (C=O) groups is 2. The summed E-state index contributed by atoms with van der Waals surface area (Å²) in [5, 5.41) is 1.93. The normalized spacial score (nSPS) is 13.4. The second-order valence-corrected chi connectivity index (χ2v) is 9.31. The van der Waals surface area contributed by atoms with Gasteiger partial charge in [-0.05, 0) is 65.3 Å². The third kappa shape index (κ3) is 4.87. The molecule has 2 unspecified atom stereocenters. The van der Waals surface area contributed by atoms with Gasteiger partial charge < -0.3 is 9.47 Å². The van der Waals surface area contributed by atoms with Crippen molar-refractivity contribution in [3.63, 3.8) is 0 Å². The van der Waals surface area contributed by atoms with Crippen molar-refractivity contribution in [2.24, 2.45) is 0 Å². The average molecular weight is 491 g/mol. The molecule has 0 aliphatic rings. The van der Waals surface area contributed by atoms with Gasteiger partial charge in [-0.25, -0.2) is 0 Å². The lowest BCUT2D eigenvalue weighted by Gasteiger charge is -2.24. The van der Waals surface area contributed by atoms with Crippen molar-refractivity contribution in [2.75, 3.05) is 41.4 Å². The molecule has 0 saturated carbocycles. The summed E-state index contributed by atoms with van der Waals surface area (Å²) in [7, 11) is 7.29. The molecular formula is C28H34N4O4. The van der Waals surface area contributed by atoms with Crippen molar-refractivity contribution >= 4 is 33.6 Å². The molecule has 0 fully saturated rings. The minimum absolute atomic E-state index is 0.0158. The third-order valence-electron chi connectivity index (χ3n) is 6.90. The number of benzene rings is 2. The van der Waals surface area contributed by atoms with Crippen LogP contribution in [0.15, 0.2) is 60.9 Å². The lowest BCUT2D eigenvalue weighted by atomic mass is 10.2. The van der Waals surface area contributed by atoms with Gasteiger partial charge in [0.25, 0.3) is 0 Å². The Balaban J connectivity index is 1.45. The van der Waals surface area contributed by atoms with Crippen molar-refractivity contribution in [1.82, 2.24) is 18.9 Å². The van der Waals surface area contributed by atoms with E-state index in [0.29, 0.717) is 24.7 Å². The van der Waals surface area contributed by atoms with Gasteiger partial charge in [-0.15, -0.1) is 0 Å². The number of methoxy groups -OCH3 is 1. The Morgan fingerprint density at radius 3 is 2.31 bits per heavy atom. The number of nitrogens with zero attached hydrogens (tertiary/aromatic N) is 4. The molecule has 8 nitrogen and oxygen atoms in total. The van der Waals surface area contributed by atoms with Crippen LogP contribution in [-0.2, 0) is 0 Å². The maximum absolute atomic E-state index is 13.3. The van der Waals surface area contributed by atoms with Crippen molar-refractivity contribution in [2.45, 2.75) is 25.9 Å². The van der Waals surface area contributed by atoms with E-state index in [2.05, 4.69) is 0 Å². The van der Waals surface area contributed by atoms with Crippen LogP contribution in [0.5, 0.6) is 11.5 Å². The first kappa shape index (κ1) is 25.5. The standard InChI is InChI=1S/C28H34N4O4/c1-19(29(3)4)27(33)32-15-13-22-8-7-9-25(26(22)32)36-17-16-30(5)20(2)28(34)31-14-12-21-10-11-23(35-6)18-24(21)31/h7-15,18-20H,16-17H2,1-6H3. The fourth-order valence-corrected chi connectivity index (χ4v) is 4.19. The van der Waals surface area contributed by atoms with Crippen LogP contribution in [0.2, 0.25) is 0 Å². The first-order valence-corrected chi connectivity index (χ1v) is 12.1. The number of rotatable bonds is 9. The number of aromatic nitrogens is 2. The van der Waals surface area contributed by atoms with Crippen molar-refractivity contribution in [3.05, 3.63) is 60.9 Å². The fraction of sp³-hybridized carbons (Fsp3) is 0.357. The minimum atomic E-state index is -0.363. The number of ether oxygens (including phenoxy) is 2. The Kier molecular flexibility index (Phi) is 7.47. The zero-order valence-electron chi connectivity index (χ0n) is 21.8. The highest BCUT2D eigenvalue weighted by Crippen LogP contribution is 2.27. The summed E-state index contributed by atoms with van der Waals surface area (Å²) >= 11 is 0. The Labute approximate surface area is 211 Å². The van der Waals surface area contributed by atoms with E-state index in [1.807, 2.05) is 93.3 Å². The van der Waals surface area contributed by atoms with E-state index in [9.17, 15) is 9.59 Å². The van der Waals surface area contributed by atoms with E-state index < -0.39 is 0 Å². The molecule has 0 bridgehead atoms. The average Bonchev–Trinajstić information content (AvgIpc) is 3.51. The zero-order chi connectivity index (χ0) is 26.0. The van der Waals surface area contributed by atoms with Gasteiger partial charge in [0, 0.05) is 35.8 Å². The van der Waals surface area contributed by atoms with Crippen molar-refractivity contribution in [3.8, 4) is 11.5 Å². The zero-order valence-corrected chi connectivity index (χ0v) is 21.8. The highest BCUT2D eigenvalue weighted by atomic mass is 16.5. The predicted molar refractivity (Wildman–Crippen MR) is 142 cm³/mol. The number of para-hydroxylation sites is 1. The van der Waals surface area contributed by atoms with E-state index in [0.717, 1.165) is 21.8 Å². The number of hydrogen-bond acceptors (Lipinski definition) is 6. The Morgan fingerprint density at radius 2 is 1.58 bits per heavy atom. The molecule has 190 valence electrons. The highest BCUT2D eigenvalue weighted by Gasteiger charge is 2.22. The van der Waals surface area contributed by atoms with E-state index >= 15 is 0 Å². The molecule has 2 atom stereocenters. The maximum Gasteiger partial charge on any atom is 0.248 e. The van der Waals surface area contributed by atoms with E-state index in [4.69, 9.17) is 9.47 Å². The lowest BCUT2D eigenvalue weighted by Crippen LogP contribution is -2.40. The first-order valence-electron chi connectivity index (χ1n) is 12.1. The molecule has 0 aliphatic carbocycles. The van der Waals surface area contributed by atoms with Gasteiger partial charge in [0.15, 0.2) is 0 Å². The van der Waals surface area contributed by atoms with Crippen LogP contribution < -0.4 is 9.47 Å². The van der Waals surface area contributed by atoms with E-state index in [1.165, 1.54) is 0 Å². The van der Waals surface area contributed by atoms with Gasteiger partial charge in [0.2, 0.25) is 11.8 Å². The molecule has 4 aromatic rings. The molecule has 2 heterocycles. The third-order valence-corrected chi connectivity index (χ3v) is 6.90. The topological polar surface area (TPSA) is 68.9 Å². The molecule has 0 saturated heterocycles. The Morgan fingerprint density at radius 1 is 0.889 bits per heavy atom. The van der Waals surface area contributed by atoms with Gasteiger partial charge in [0.05, 0.1) is 30.2 Å². The summed E-state index contributed by atoms with van der Waals surface area (Å²) in [6.07, 6.45) is 3.59. The second kappa shape index (κ2) is 10.6. The number of likely N-dealkylation sites (N-methyl/N-ethyl adjacent to an activating group) is 2. The molecule has 0 amide bonds. The van der Waals surface area contributed by atoms with Gasteiger partial charge >= 0.3 is 0 Å². The predicted octanol–water partition coefficient (Wildman–Crippen LogP) is 4.23. The second-order valence-electron chi connectivity index (χ2n) is 9.31. The SMILES string of the molecule is COc1ccc2ccn(C(=O)C(C)N(C)CCOc3cccc4ccn(C(=O)C(C)N(C)C)c34)c2c1. The quantitative estimate of drug-likeness (QED) is 0.350. The van der Waals surface area contributed by atoms with Gasteiger partial charge in [0.1, 0.15) is 18.1 Å². The van der Waals surface area contributed by atoms with Crippen molar-refractivity contribution in [1.29, 1.82) is 0 Å². The smallest absolute Gasteiger partial charge is 0.248 e. The van der Waals surface area contributed by atoms with Gasteiger partial charge in [-0.3, -0.25) is 28.5 Å². The summed E-state index contributed by atoms with van der Waals surface area (Å²) in [6, 6.07) is 14.7. The van der Waals surface area contributed by atoms with Crippen LogP contribution >= 0.6 is 0 Å². The lowest BCUT2D eigenvalue weighted by molar-refractivity contribution is 0.0769. The highest BCUT2D eigenvalue weighted by molar-refractivity contribution is 5.98. The number of carbonyl (C=O) groups excluding carboxylic acids is 2. The summed E-state index contributed by atoms with van der Waals surface area (Å²) < 4.78 is 14.8. The van der Waals surface area contributed by atoms with Gasteiger partial charge in [-0.1, -0.05) is 12.1 Å². The summed E-state index contributed by atoms with van der Waals surface area (Å²) in [5.74, 6) is 1.31. The molecule has 2 aromatic heterocycles. The summed E-state index contributed by atoms with van der Waals surface area (Å²) in [5.41, 5.74) is 1.58. The molecule has 2 aromatic carbocycles. The van der Waals surface area contributed by atoms with E-state index in [-0.39, 0.29) is 23.9 Å². The molecular weight excluding hydrogens is 456 g/mol. The number of fused-ring (bicyclic) bond motifs is 2. The fourth-order valence-electron chi connectivity index (χ4n) is 4.19. The number of hydrogen-bond donors (Lipinski definition) is 0. The van der Waals surface area contributed by atoms with Crippen LogP contribution in [0.25, 0.3) is 21.8 Å². The van der Waals surface area contributed by atoms with Crippen LogP contribution in [-0.4, -0.2) is 84.2 Å². The van der Waals surface area contributed by atoms with E-state index in [1.54, 1.807) is 28.6 Å². The maximum atomic E-state index is 13.3.